The highest BCUT2D eigenvalue weighted by atomic mass is 16.5. The van der Waals surface area contributed by atoms with Crippen LogP contribution in [0.15, 0.2) is 79.4 Å². The predicted octanol–water partition coefficient (Wildman–Crippen LogP) is 4.86. The van der Waals surface area contributed by atoms with Crippen molar-refractivity contribution in [3.8, 4) is 23.3 Å². The number of ether oxygens (including phenoxy) is 1. The van der Waals surface area contributed by atoms with Gasteiger partial charge in [0.1, 0.15) is 11.5 Å². The second kappa shape index (κ2) is 7.99. The minimum atomic E-state index is -0.509. The molecule has 3 aromatic carbocycles. The molecule has 162 valence electrons. The van der Waals surface area contributed by atoms with Gasteiger partial charge >= 0.3 is 0 Å². The molecule has 0 atom stereocenters. The average molecular weight is 434 g/mol. The lowest BCUT2D eigenvalue weighted by molar-refractivity contribution is 0.0997. The molecule has 0 fully saturated rings. The van der Waals surface area contributed by atoms with Gasteiger partial charge in [-0.1, -0.05) is 62.1 Å². The van der Waals surface area contributed by atoms with Crippen molar-refractivity contribution in [1.29, 1.82) is 0 Å². The van der Waals surface area contributed by atoms with Crippen molar-refractivity contribution in [2.45, 2.75) is 25.8 Å². The van der Waals surface area contributed by atoms with E-state index in [2.05, 4.69) is 42.8 Å². The summed E-state index contributed by atoms with van der Waals surface area (Å²) in [6, 6.07) is 19.7. The zero-order chi connectivity index (χ0) is 23.0. The lowest BCUT2D eigenvalue weighted by Gasteiger charge is -2.35. The average Bonchev–Trinajstić information content (AvgIpc) is 3.31. The second-order valence-corrected chi connectivity index (χ2v) is 8.64. The van der Waals surface area contributed by atoms with Crippen molar-refractivity contribution < 1.29 is 9.53 Å². The van der Waals surface area contributed by atoms with Gasteiger partial charge in [0.25, 0.3) is 5.91 Å². The highest BCUT2D eigenvalue weighted by molar-refractivity contribution is 5.96. The molecule has 1 aliphatic heterocycles. The maximum absolute atomic E-state index is 12.0. The number of nitrogens with zero attached hydrogens (tertiary/aromatic N) is 2. The largest absolute Gasteiger partial charge is 0.455 e. The minimum absolute atomic E-state index is 0.360. The molecule has 2 heterocycles. The summed E-state index contributed by atoms with van der Waals surface area (Å²) in [6.45, 7) is 5.01. The molecule has 0 aliphatic carbocycles. The van der Waals surface area contributed by atoms with E-state index in [1.165, 1.54) is 5.56 Å². The van der Waals surface area contributed by atoms with Gasteiger partial charge in [-0.3, -0.25) is 4.79 Å². The summed E-state index contributed by atoms with van der Waals surface area (Å²) in [7, 11) is 0. The zero-order valence-corrected chi connectivity index (χ0v) is 18.5. The quantitative estimate of drug-likeness (QED) is 0.469. The van der Waals surface area contributed by atoms with E-state index in [9.17, 15) is 4.79 Å². The molecule has 1 aliphatic rings. The number of hydrogen-bond donors (Lipinski definition) is 1. The molecule has 5 rings (SSSR count). The Morgan fingerprint density at radius 3 is 2.42 bits per heavy atom. The molecular formula is C28H23N3O2. The summed E-state index contributed by atoms with van der Waals surface area (Å²) in [5.74, 6) is 7.19. The Morgan fingerprint density at radius 2 is 1.73 bits per heavy atom. The first-order valence-corrected chi connectivity index (χ1v) is 10.7. The van der Waals surface area contributed by atoms with Crippen LogP contribution in [-0.2, 0) is 12.0 Å². The third-order valence-electron chi connectivity index (χ3n) is 6.07. The van der Waals surface area contributed by atoms with Gasteiger partial charge in [-0.05, 0) is 29.8 Å². The molecule has 5 nitrogen and oxygen atoms in total. The fourth-order valence-electron chi connectivity index (χ4n) is 4.24. The SMILES string of the molecule is CC1(C)c2cccc(C#Cc3ccc(Cn4ccnc4)cc3)c2Oc2c(C(N)=O)cccc21. The number of carbonyl (C=O) groups excluding carboxylic acids is 1. The number of fused-ring (bicyclic) bond motifs is 2. The van der Waals surface area contributed by atoms with Crippen LogP contribution in [0.25, 0.3) is 0 Å². The monoisotopic (exact) mass is 433 g/mol. The Kier molecular flexibility index (Phi) is 4.99. The molecule has 0 saturated carbocycles. The Balaban J connectivity index is 1.49. The van der Waals surface area contributed by atoms with E-state index >= 15 is 0 Å². The highest BCUT2D eigenvalue weighted by Gasteiger charge is 2.36. The lowest BCUT2D eigenvalue weighted by atomic mass is 9.74. The Morgan fingerprint density at radius 1 is 1.00 bits per heavy atom. The maximum atomic E-state index is 12.0. The van der Waals surface area contributed by atoms with Gasteiger partial charge < -0.3 is 15.0 Å². The van der Waals surface area contributed by atoms with E-state index in [-0.39, 0.29) is 5.41 Å². The fraction of sp³-hybridized carbons (Fsp3) is 0.143. The van der Waals surface area contributed by atoms with Gasteiger partial charge in [0.05, 0.1) is 17.5 Å². The van der Waals surface area contributed by atoms with Crippen molar-refractivity contribution in [3.63, 3.8) is 0 Å². The van der Waals surface area contributed by atoms with E-state index in [0.29, 0.717) is 17.1 Å². The van der Waals surface area contributed by atoms with Crippen LogP contribution in [0.5, 0.6) is 11.5 Å². The van der Waals surface area contributed by atoms with Crippen LogP contribution in [-0.4, -0.2) is 15.5 Å². The second-order valence-electron chi connectivity index (χ2n) is 8.64. The predicted molar refractivity (Wildman–Crippen MR) is 127 cm³/mol. The molecule has 2 N–H and O–H groups in total. The normalized spacial score (nSPS) is 13.2. The van der Waals surface area contributed by atoms with Gasteiger partial charge in [-0.25, -0.2) is 4.98 Å². The summed E-state index contributed by atoms with van der Waals surface area (Å²) in [6.07, 6.45) is 5.51. The molecule has 0 radical (unpaired) electrons. The topological polar surface area (TPSA) is 70.1 Å². The van der Waals surface area contributed by atoms with E-state index in [1.54, 1.807) is 18.6 Å². The fourth-order valence-corrected chi connectivity index (χ4v) is 4.24. The summed E-state index contributed by atoms with van der Waals surface area (Å²) >= 11 is 0. The van der Waals surface area contributed by atoms with Crippen LogP contribution in [0, 0.1) is 11.8 Å². The number of para-hydroxylation sites is 2. The number of amides is 1. The summed E-state index contributed by atoms with van der Waals surface area (Å²) in [5, 5.41) is 0. The Hall–Kier alpha value is -4.30. The van der Waals surface area contributed by atoms with Crippen LogP contribution >= 0.6 is 0 Å². The molecule has 0 saturated heterocycles. The molecule has 4 aromatic rings. The summed E-state index contributed by atoms with van der Waals surface area (Å²) in [5.41, 5.74) is 10.5. The van der Waals surface area contributed by atoms with Crippen LogP contribution in [0.3, 0.4) is 0 Å². The van der Waals surface area contributed by atoms with Gasteiger partial charge in [0, 0.05) is 41.0 Å². The van der Waals surface area contributed by atoms with Crippen LogP contribution in [0.1, 0.15) is 52.0 Å². The van der Waals surface area contributed by atoms with Gasteiger partial charge in [-0.2, -0.15) is 0 Å². The highest BCUT2D eigenvalue weighted by Crippen LogP contribution is 2.50. The van der Waals surface area contributed by atoms with Gasteiger partial charge in [0.15, 0.2) is 0 Å². The molecule has 1 aromatic heterocycles. The van der Waals surface area contributed by atoms with Crippen LogP contribution in [0.2, 0.25) is 0 Å². The number of hydrogen-bond acceptors (Lipinski definition) is 3. The number of rotatable bonds is 3. The van der Waals surface area contributed by atoms with Crippen LogP contribution < -0.4 is 10.5 Å². The number of nitrogens with two attached hydrogens (primary N) is 1. The van der Waals surface area contributed by atoms with E-state index < -0.39 is 5.91 Å². The van der Waals surface area contributed by atoms with Crippen molar-refractivity contribution in [3.05, 3.63) is 113 Å². The van der Waals surface area contributed by atoms with E-state index in [0.717, 1.165) is 28.8 Å². The number of aromatic nitrogens is 2. The molecule has 1 amide bonds. The molecular weight excluding hydrogens is 410 g/mol. The van der Waals surface area contributed by atoms with Crippen molar-refractivity contribution in [2.75, 3.05) is 0 Å². The van der Waals surface area contributed by atoms with Crippen molar-refractivity contribution >= 4 is 5.91 Å². The summed E-state index contributed by atoms with van der Waals surface area (Å²) in [4.78, 5) is 16.1. The third-order valence-corrected chi connectivity index (χ3v) is 6.07. The smallest absolute Gasteiger partial charge is 0.252 e. The minimum Gasteiger partial charge on any atom is -0.455 e. The molecule has 0 unspecified atom stereocenters. The third kappa shape index (κ3) is 3.77. The number of imidazole rings is 1. The molecule has 0 bridgehead atoms. The van der Waals surface area contributed by atoms with Crippen LogP contribution in [0.4, 0.5) is 0 Å². The first kappa shape index (κ1) is 20.6. The zero-order valence-electron chi connectivity index (χ0n) is 18.5. The number of primary amides is 1. The summed E-state index contributed by atoms with van der Waals surface area (Å²) < 4.78 is 8.31. The first-order chi connectivity index (χ1) is 15.9. The molecule has 33 heavy (non-hydrogen) atoms. The Bertz CT molecular complexity index is 1410. The van der Waals surface area contributed by atoms with E-state index in [1.807, 2.05) is 53.2 Å². The van der Waals surface area contributed by atoms with Gasteiger partial charge in [0.2, 0.25) is 0 Å². The number of benzene rings is 3. The standard InChI is InChI=1S/C28H23N3O2/c1-28(2)23-7-3-5-21(25(23)33-26-22(27(29)32)6-4-8-24(26)28)14-13-19-9-11-20(12-10-19)17-31-16-15-30-18-31/h3-12,15-16,18H,17H2,1-2H3,(H2,29,32). The molecule has 0 spiro atoms. The lowest BCUT2D eigenvalue weighted by Crippen LogP contribution is -2.26. The van der Waals surface area contributed by atoms with Crippen molar-refractivity contribution in [1.82, 2.24) is 9.55 Å². The molecule has 5 heteroatoms. The van der Waals surface area contributed by atoms with Crippen molar-refractivity contribution in [2.24, 2.45) is 5.73 Å². The first-order valence-electron chi connectivity index (χ1n) is 10.7. The van der Waals surface area contributed by atoms with Gasteiger partial charge in [-0.15, -0.1) is 0 Å². The Labute approximate surface area is 192 Å². The maximum Gasteiger partial charge on any atom is 0.252 e. The number of carbonyl (C=O) groups is 1. The van der Waals surface area contributed by atoms with E-state index in [4.69, 9.17) is 10.5 Å².